The largest absolute Gasteiger partial charge is 0.364 e. The predicted octanol–water partition coefficient (Wildman–Crippen LogP) is 2.25. The number of aryl methyl sites for hydroxylation is 1. The highest BCUT2D eigenvalue weighted by molar-refractivity contribution is 7.15. The minimum Gasteiger partial charge on any atom is -0.364 e. The number of hydrogen-bond donors (Lipinski definition) is 1. The molecule has 4 aromatic rings. The van der Waals surface area contributed by atoms with E-state index in [1.165, 1.54) is 6.33 Å². The van der Waals surface area contributed by atoms with E-state index in [-0.39, 0.29) is 0 Å². The highest BCUT2D eigenvalue weighted by Crippen LogP contribution is 2.22. The second-order valence-corrected chi connectivity index (χ2v) is 5.22. The molecule has 0 radical (unpaired) electrons. The zero-order valence-electron chi connectivity index (χ0n) is 10.6. The van der Waals surface area contributed by atoms with Gasteiger partial charge in [-0.15, -0.1) is 11.3 Å². The van der Waals surface area contributed by atoms with Gasteiger partial charge in [0.15, 0.2) is 4.96 Å². The summed E-state index contributed by atoms with van der Waals surface area (Å²) in [5.41, 5.74) is 2.22. The molecule has 4 rings (SSSR count). The van der Waals surface area contributed by atoms with E-state index < -0.39 is 0 Å². The van der Waals surface area contributed by atoms with Crippen LogP contribution in [-0.4, -0.2) is 24.5 Å². The molecule has 0 unspecified atom stereocenters. The molecule has 7 nitrogen and oxygen atoms in total. The number of aromatic nitrogens is 5. The van der Waals surface area contributed by atoms with Crippen molar-refractivity contribution < 1.29 is 4.52 Å². The number of fused-ring (bicyclic) bond motifs is 2. The standard InChI is InChI=1S/C12H10N6OS/c1-7-9-10(14-6-15-11(9)19-17-7)13-4-8-5-18-2-3-20-12(18)16-8/h2-3,5-6H,4H2,1H3,(H,13,14,15). The van der Waals surface area contributed by atoms with Crippen LogP contribution in [0, 0.1) is 6.92 Å². The second kappa shape index (κ2) is 4.27. The average molecular weight is 286 g/mol. The maximum atomic E-state index is 5.12. The van der Waals surface area contributed by atoms with Crippen LogP contribution in [0.25, 0.3) is 16.1 Å². The summed E-state index contributed by atoms with van der Waals surface area (Å²) in [5, 5.41) is 9.98. The van der Waals surface area contributed by atoms with Crippen molar-refractivity contribution in [3.8, 4) is 0 Å². The SMILES string of the molecule is Cc1noc2ncnc(NCc3cn4ccsc4n3)c12. The van der Waals surface area contributed by atoms with Crippen LogP contribution in [0.15, 0.2) is 28.6 Å². The van der Waals surface area contributed by atoms with Gasteiger partial charge in [0.25, 0.3) is 5.71 Å². The van der Waals surface area contributed by atoms with Gasteiger partial charge in [-0.3, -0.25) is 4.40 Å². The van der Waals surface area contributed by atoms with Crippen molar-refractivity contribution in [1.82, 2.24) is 24.5 Å². The summed E-state index contributed by atoms with van der Waals surface area (Å²) in [4.78, 5) is 13.8. The number of rotatable bonds is 3. The van der Waals surface area contributed by atoms with Gasteiger partial charge in [0.05, 0.1) is 17.9 Å². The molecule has 8 heteroatoms. The lowest BCUT2D eigenvalue weighted by Crippen LogP contribution is -2.02. The van der Waals surface area contributed by atoms with Gasteiger partial charge in [-0.25, -0.2) is 9.97 Å². The van der Waals surface area contributed by atoms with Crippen molar-refractivity contribution in [3.05, 3.63) is 35.5 Å². The Hall–Kier alpha value is -2.48. The molecule has 4 aromatic heterocycles. The topological polar surface area (TPSA) is 81.1 Å². The molecule has 0 spiro atoms. The molecule has 0 aromatic carbocycles. The van der Waals surface area contributed by atoms with Gasteiger partial charge in [-0.1, -0.05) is 5.16 Å². The minimum atomic E-state index is 0.492. The van der Waals surface area contributed by atoms with E-state index in [4.69, 9.17) is 4.52 Å². The van der Waals surface area contributed by atoms with Gasteiger partial charge in [-0.05, 0) is 6.92 Å². The highest BCUT2D eigenvalue weighted by Gasteiger charge is 2.12. The summed E-state index contributed by atoms with van der Waals surface area (Å²) in [6.07, 6.45) is 5.45. The van der Waals surface area contributed by atoms with Crippen molar-refractivity contribution in [2.24, 2.45) is 0 Å². The number of anilines is 1. The van der Waals surface area contributed by atoms with Crippen molar-refractivity contribution >= 4 is 33.2 Å². The summed E-state index contributed by atoms with van der Waals surface area (Å²) in [6, 6.07) is 0. The molecule has 1 N–H and O–H groups in total. The second-order valence-electron chi connectivity index (χ2n) is 4.35. The third kappa shape index (κ3) is 1.73. The Bertz CT molecular complexity index is 863. The fraction of sp³-hybridized carbons (Fsp3) is 0.167. The number of hydrogen-bond acceptors (Lipinski definition) is 7. The molecule has 100 valence electrons. The van der Waals surface area contributed by atoms with Crippen LogP contribution in [0.3, 0.4) is 0 Å². The van der Waals surface area contributed by atoms with Crippen molar-refractivity contribution in [2.75, 3.05) is 5.32 Å². The normalized spacial score (nSPS) is 11.4. The van der Waals surface area contributed by atoms with Gasteiger partial charge >= 0.3 is 0 Å². The Morgan fingerprint density at radius 3 is 3.25 bits per heavy atom. The van der Waals surface area contributed by atoms with Gasteiger partial charge < -0.3 is 9.84 Å². The third-order valence-corrected chi connectivity index (χ3v) is 3.79. The Morgan fingerprint density at radius 2 is 2.35 bits per heavy atom. The Morgan fingerprint density at radius 1 is 1.40 bits per heavy atom. The summed E-state index contributed by atoms with van der Waals surface area (Å²) < 4.78 is 7.12. The van der Waals surface area contributed by atoms with E-state index in [9.17, 15) is 0 Å². The molecule has 0 fully saturated rings. The first kappa shape index (κ1) is 11.4. The van der Waals surface area contributed by atoms with Crippen LogP contribution < -0.4 is 5.32 Å². The molecule has 0 bridgehead atoms. The zero-order valence-corrected chi connectivity index (χ0v) is 11.4. The van der Waals surface area contributed by atoms with E-state index in [2.05, 4.69) is 25.4 Å². The predicted molar refractivity (Wildman–Crippen MR) is 74.7 cm³/mol. The van der Waals surface area contributed by atoms with Crippen LogP contribution in [0.2, 0.25) is 0 Å². The first-order chi connectivity index (χ1) is 9.81. The van der Waals surface area contributed by atoms with Crippen molar-refractivity contribution in [3.63, 3.8) is 0 Å². The average Bonchev–Trinajstić information content (AvgIpc) is 3.11. The third-order valence-electron chi connectivity index (χ3n) is 3.02. The van der Waals surface area contributed by atoms with E-state index in [0.717, 1.165) is 21.7 Å². The Labute approximate surface area is 117 Å². The van der Waals surface area contributed by atoms with E-state index in [0.29, 0.717) is 18.1 Å². The number of nitrogens with zero attached hydrogens (tertiary/aromatic N) is 5. The van der Waals surface area contributed by atoms with Gasteiger partial charge in [0.2, 0.25) is 0 Å². The lowest BCUT2D eigenvalue weighted by Gasteiger charge is -2.03. The molecule has 0 saturated heterocycles. The molecule has 0 aliphatic rings. The van der Waals surface area contributed by atoms with Gasteiger partial charge in [0, 0.05) is 17.8 Å². The highest BCUT2D eigenvalue weighted by atomic mass is 32.1. The quantitative estimate of drug-likeness (QED) is 0.622. The first-order valence-corrected chi connectivity index (χ1v) is 6.91. The minimum absolute atomic E-state index is 0.492. The summed E-state index contributed by atoms with van der Waals surface area (Å²) in [7, 11) is 0. The van der Waals surface area contributed by atoms with Crippen molar-refractivity contribution in [2.45, 2.75) is 13.5 Å². The van der Waals surface area contributed by atoms with Gasteiger partial charge in [0.1, 0.15) is 17.5 Å². The van der Waals surface area contributed by atoms with Crippen LogP contribution >= 0.6 is 11.3 Å². The molecular weight excluding hydrogens is 276 g/mol. The molecule has 0 amide bonds. The monoisotopic (exact) mass is 286 g/mol. The summed E-state index contributed by atoms with van der Waals surface area (Å²) in [6.45, 7) is 2.46. The summed E-state index contributed by atoms with van der Waals surface area (Å²) >= 11 is 1.61. The fourth-order valence-electron chi connectivity index (χ4n) is 2.09. The van der Waals surface area contributed by atoms with Crippen molar-refractivity contribution in [1.29, 1.82) is 0 Å². The van der Waals surface area contributed by atoms with E-state index in [1.807, 2.05) is 29.1 Å². The summed E-state index contributed by atoms with van der Waals surface area (Å²) in [5.74, 6) is 0.713. The lowest BCUT2D eigenvalue weighted by molar-refractivity contribution is 0.442. The van der Waals surface area contributed by atoms with E-state index in [1.54, 1.807) is 11.3 Å². The maximum absolute atomic E-state index is 5.12. The molecule has 0 aliphatic carbocycles. The molecule has 0 aliphatic heterocycles. The lowest BCUT2D eigenvalue weighted by atomic mass is 10.3. The zero-order chi connectivity index (χ0) is 13.5. The number of nitrogens with one attached hydrogen (secondary N) is 1. The fourth-order valence-corrected chi connectivity index (χ4v) is 2.81. The van der Waals surface area contributed by atoms with Crippen LogP contribution in [0.5, 0.6) is 0 Å². The van der Waals surface area contributed by atoms with Crippen LogP contribution in [0.4, 0.5) is 5.82 Å². The maximum Gasteiger partial charge on any atom is 0.263 e. The van der Waals surface area contributed by atoms with Crippen LogP contribution in [0.1, 0.15) is 11.4 Å². The van der Waals surface area contributed by atoms with Gasteiger partial charge in [-0.2, -0.15) is 4.98 Å². The number of imidazole rings is 1. The first-order valence-electron chi connectivity index (χ1n) is 6.03. The molecule has 0 saturated carbocycles. The smallest absolute Gasteiger partial charge is 0.263 e. The molecular formula is C12H10N6OS. The number of thiazole rings is 1. The van der Waals surface area contributed by atoms with E-state index >= 15 is 0 Å². The molecule has 0 atom stereocenters. The molecule has 4 heterocycles. The molecule has 20 heavy (non-hydrogen) atoms. The van der Waals surface area contributed by atoms with Crippen LogP contribution in [-0.2, 0) is 6.54 Å². The Kier molecular flexibility index (Phi) is 2.43. The Balaban J connectivity index is 1.64.